The quantitative estimate of drug-likeness (QED) is 0.870. The molecule has 0 bridgehead atoms. The smallest absolute Gasteiger partial charge is 0.356 e. The summed E-state index contributed by atoms with van der Waals surface area (Å²) in [5.74, 6) is -1.38. The fourth-order valence-corrected chi connectivity index (χ4v) is 3.17. The highest BCUT2D eigenvalue weighted by Gasteiger charge is 2.31. The molecule has 1 atom stereocenters. The summed E-state index contributed by atoms with van der Waals surface area (Å²) < 4.78 is 1.04. The molecule has 124 valence electrons. The number of likely N-dealkylation sites (tertiary alicyclic amines) is 1. The zero-order valence-electron chi connectivity index (χ0n) is 13.1. The molecule has 1 aliphatic heterocycles. The van der Waals surface area contributed by atoms with Crippen molar-refractivity contribution < 1.29 is 14.7 Å². The van der Waals surface area contributed by atoms with Crippen LogP contribution < -0.4 is 0 Å². The van der Waals surface area contributed by atoms with Gasteiger partial charge in [-0.05, 0) is 37.0 Å². The SMILES string of the molecule is Cc1cc(C2CCCN2C(=O)c2cnc(C(=O)O)cn2)ccc1Br. The third kappa shape index (κ3) is 3.17. The van der Waals surface area contributed by atoms with Crippen LogP contribution in [0.4, 0.5) is 0 Å². The highest BCUT2D eigenvalue weighted by atomic mass is 79.9. The maximum Gasteiger partial charge on any atom is 0.356 e. The molecule has 1 amide bonds. The molecule has 1 N–H and O–H groups in total. The largest absolute Gasteiger partial charge is 0.476 e. The second kappa shape index (κ2) is 6.68. The van der Waals surface area contributed by atoms with Crippen LogP contribution in [0, 0.1) is 6.92 Å². The van der Waals surface area contributed by atoms with Gasteiger partial charge in [-0.1, -0.05) is 28.1 Å². The third-order valence-electron chi connectivity index (χ3n) is 4.17. The summed E-state index contributed by atoms with van der Waals surface area (Å²) in [6, 6.07) is 6.10. The van der Waals surface area contributed by atoms with Crippen molar-refractivity contribution in [1.29, 1.82) is 0 Å². The fourth-order valence-electron chi connectivity index (χ4n) is 2.93. The second-order valence-corrected chi connectivity index (χ2v) is 6.61. The van der Waals surface area contributed by atoms with Gasteiger partial charge in [-0.25, -0.2) is 14.8 Å². The molecule has 1 saturated heterocycles. The second-order valence-electron chi connectivity index (χ2n) is 5.76. The minimum absolute atomic E-state index is 0.00486. The van der Waals surface area contributed by atoms with Crippen LogP contribution >= 0.6 is 15.9 Å². The highest BCUT2D eigenvalue weighted by Crippen LogP contribution is 2.34. The summed E-state index contributed by atoms with van der Waals surface area (Å²) in [5, 5.41) is 8.86. The molecule has 7 heteroatoms. The van der Waals surface area contributed by atoms with Crippen molar-refractivity contribution in [1.82, 2.24) is 14.9 Å². The van der Waals surface area contributed by atoms with E-state index in [0.29, 0.717) is 6.54 Å². The average molecular weight is 390 g/mol. The minimum Gasteiger partial charge on any atom is -0.476 e. The van der Waals surface area contributed by atoms with Gasteiger partial charge in [-0.2, -0.15) is 0 Å². The van der Waals surface area contributed by atoms with Gasteiger partial charge < -0.3 is 10.0 Å². The first-order valence-corrected chi connectivity index (χ1v) is 8.39. The molecule has 2 aromatic rings. The Balaban J connectivity index is 1.85. The first-order chi connectivity index (χ1) is 11.5. The van der Waals surface area contributed by atoms with E-state index in [-0.39, 0.29) is 23.3 Å². The van der Waals surface area contributed by atoms with Crippen molar-refractivity contribution in [3.8, 4) is 0 Å². The summed E-state index contributed by atoms with van der Waals surface area (Å²) in [5.41, 5.74) is 2.21. The van der Waals surface area contributed by atoms with Crippen molar-refractivity contribution in [2.24, 2.45) is 0 Å². The number of carbonyl (C=O) groups is 2. The van der Waals surface area contributed by atoms with Crippen LogP contribution in [0.2, 0.25) is 0 Å². The van der Waals surface area contributed by atoms with Crippen LogP contribution in [0.3, 0.4) is 0 Å². The fraction of sp³-hybridized carbons (Fsp3) is 0.294. The van der Waals surface area contributed by atoms with Gasteiger partial charge in [0.1, 0.15) is 5.69 Å². The lowest BCUT2D eigenvalue weighted by Gasteiger charge is -2.25. The van der Waals surface area contributed by atoms with E-state index in [9.17, 15) is 9.59 Å². The molecule has 0 radical (unpaired) electrons. The van der Waals surface area contributed by atoms with Crippen molar-refractivity contribution in [2.45, 2.75) is 25.8 Å². The van der Waals surface area contributed by atoms with E-state index >= 15 is 0 Å². The molecular weight excluding hydrogens is 374 g/mol. The Labute approximate surface area is 147 Å². The number of hydrogen-bond donors (Lipinski definition) is 1. The lowest BCUT2D eigenvalue weighted by atomic mass is 10.0. The van der Waals surface area contributed by atoms with Gasteiger partial charge in [0.25, 0.3) is 5.91 Å². The van der Waals surface area contributed by atoms with Crippen molar-refractivity contribution in [3.63, 3.8) is 0 Å². The minimum atomic E-state index is -1.16. The highest BCUT2D eigenvalue weighted by molar-refractivity contribution is 9.10. The van der Waals surface area contributed by atoms with Crippen molar-refractivity contribution >= 4 is 27.8 Å². The van der Waals surface area contributed by atoms with Crippen LogP contribution in [-0.4, -0.2) is 38.4 Å². The number of carbonyl (C=O) groups excluding carboxylic acids is 1. The van der Waals surface area contributed by atoms with Gasteiger partial charge in [-0.3, -0.25) is 4.79 Å². The predicted octanol–water partition coefficient (Wildman–Crippen LogP) is 3.22. The van der Waals surface area contributed by atoms with E-state index in [0.717, 1.165) is 34.6 Å². The Morgan fingerprint density at radius 3 is 2.58 bits per heavy atom. The van der Waals surface area contributed by atoms with Crippen LogP contribution in [0.15, 0.2) is 35.1 Å². The van der Waals surface area contributed by atoms with E-state index in [1.165, 1.54) is 6.20 Å². The van der Waals surface area contributed by atoms with Crippen LogP contribution in [0.1, 0.15) is 51.0 Å². The van der Waals surface area contributed by atoms with E-state index in [4.69, 9.17) is 5.11 Å². The number of benzene rings is 1. The first kappa shape index (κ1) is 16.6. The van der Waals surface area contributed by atoms with E-state index in [2.05, 4.69) is 32.0 Å². The molecule has 3 rings (SSSR count). The Kier molecular flexibility index (Phi) is 4.62. The van der Waals surface area contributed by atoms with Crippen LogP contribution in [-0.2, 0) is 0 Å². The van der Waals surface area contributed by atoms with E-state index in [1.807, 2.05) is 19.1 Å². The molecule has 1 fully saturated rings. The number of hydrogen-bond acceptors (Lipinski definition) is 4. The number of amides is 1. The summed E-state index contributed by atoms with van der Waals surface area (Å²) in [6.45, 7) is 2.67. The van der Waals surface area contributed by atoms with Gasteiger partial charge in [0.05, 0.1) is 18.4 Å². The Bertz CT molecular complexity index is 792. The Hall–Kier alpha value is -2.28. The van der Waals surface area contributed by atoms with Gasteiger partial charge in [0.2, 0.25) is 0 Å². The zero-order chi connectivity index (χ0) is 17.3. The van der Waals surface area contributed by atoms with Gasteiger partial charge in [-0.15, -0.1) is 0 Å². The molecule has 1 aromatic heterocycles. The number of aromatic carboxylic acids is 1. The van der Waals surface area contributed by atoms with Gasteiger partial charge >= 0.3 is 5.97 Å². The predicted molar refractivity (Wildman–Crippen MR) is 90.9 cm³/mol. The number of rotatable bonds is 3. The molecule has 1 aromatic carbocycles. The first-order valence-electron chi connectivity index (χ1n) is 7.59. The van der Waals surface area contributed by atoms with Gasteiger partial charge in [0.15, 0.2) is 5.69 Å². The maximum atomic E-state index is 12.7. The topological polar surface area (TPSA) is 83.4 Å². The zero-order valence-corrected chi connectivity index (χ0v) is 14.7. The molecule has 6 nitrogen and oxygen atoms in total. The summed E-state index contributed by atoms with van der Waals surface area (Å²) in [6.07, 6.45) is 4.16. The van der Waals surface area contributed by atoms with Crippen molar-refractivity contribution in [2.75, 3.05) is 6.54 Å². The molecule has 24 heavy (non-hydrogen) atoms. The Morgan fingerprint density at radius 2 is 1.96 bits per heavy atom. The average Bonchev–Trinajstić information content (AvgIpc) is 3.06. The molecule has 0 saturated carbocycles. The summed E-state index contributed by atoms with van der Waals surface area (Å²) in [7, 11) is 0. The third-order valence-corrected chi connectivity index (χ3v) is 5.06. The maximum absolute atomic E-state index is 12.7. The molecule has 0 aliphatic carbocycles. The number of halogens is 1. The van der Waals surface area contributed by atoms with Crippen LogP contribution in [0.25, 0.3) is 0 Å². The summed E-state index contributed by atoms with van der Waals surface area (Å²) in [4.78, 5) is 33.1. The van der Waals surface area contributed by atoms with Crippen molar-refractivity contribution in [3.05, 3.63) is 57.6 Å². The normalized spacial score (nSPS) is 17.1. The van der Waals surface area contributed by atoms with E-state index < -0.39 is 5.97 Å². The van der Waals surface area contributed by atoms with Crippen LogP contribution in [0.5, 0.6) is 0 Å². The number of carboxylic acid groups (broad SMARTS) is 1. The van der Waals surface area contributed by atoms with Gasteiger partial charge in [0, 0.05) is 11.0 Å². The lowest BCUT2D eigenvalue weighted by molar-refractivity contribution is 0.0683. The molecule has 1 aliphatic rings. The molecule has 0 spiro atoms. The monoisotopic (exact) mass is 389 g/mol. The number of carboxylic acids is 1. The molecule has 2 heterocycles. The number of nitrogens with zero attached hydrogens (tertiary/aromatic N) is 3. The van der Waals surface area contributed by atoms with E-state index in [1.54, 1.807) is 4.90 Å². The molecule has 1 unspecified atom stereocenters. The lowest BCUT2D eigenvalue weighted by Crippen LogP contribution is -2.31. The molecular formula is C17H16BrN3O3. The summed E-state index contributed by atoms with van der Waals surface area (Å²) >= 11 is 3.49. The Morgan fingerprint density at radius 1 is 1.25 bits per heavy atom. The number of aryl methyl sites for hydroxylation is 1. The number of aromatic nitrogens is 2. The standard InChI is InChI=1S/C17H16BrN3O3/c1-10-7-11(4-5-12(10)18)15-3-2-6-21(15)16(22)13-8-20-14(9-19-13)17(23)24/h4-5,7-9,15H,2-3,6H2,1H3,(H,23,24).